The average Bonchev–Trinajstić information content (AvgIpc) is 3.91. The predicted molar refractivity (Wildman–Crippen MR) is 203 cm³/mol. The van der Waals surface area contributed by atoms with Crippen LogP contribution < -0.4 is 26.7 Å². The second-order valence-electron chi connectivity index (χ2n) is 15.4. The Hall–Kier alpha value is -5.48. The second kappa shape index (κ2) is 11.6. The van der Waals surface area contributed by atoms with Gasteiger partial charge in [-0.25, -0.2) is 0 Å². The van der Waals surface area contributed by atoms with Gasteiger partial charge in [0.2, 0.25) is 0 Å². The van der Waals surface area contributed by atoms with Crippen LogP contribution in [0, 0.1) is 0 Å². The normalized spacial score (nSPS) is 14.8. The third kappa shape index (κ3) is 5.72. The molecule has 2 aliphatic heterocycles. The SMILES string of the molecule is CC(C)(C)c1cc(C2=c3ccc([nH]3)=C(c3ccccc3)C3=CCC(=c4ccc([nH]4)=C(c4ccccc4)c4ccc2[nH]4)N3)cc(C(C)(C)C)c1. The number of fused-ring (bicyclic) bond motifs is 8. The second-order valence-corrected chi connectivity index (χ2v) is 15.4. The molecule has 5 heterocycles. The van der Waals surface area contributed by atoms with E-state index >= 15 is 0 Å². The van der Waals surface area contributed by atoms with Crippen molar-refractivity contribution >= 4 is 22.4 Å². The van der Waals surface area contributed by atoms with Gasteiger partial charge in [-0.1, -0.05) is 126 Å². The van der Waals surface area contributed by atoms with Crippen molar-refractivity contribution in [3.63, 3.8) is 0 Å². The summed E-state index contributed by atoms with van der Waals surface area (Å²) in [6, 6.07) is 41.9. The molecule has 0 spiro atoms. The lowest BCUT2D eigenvalue weighted by Crippen LogP contribution is -2.23. The van der Waals surface area contributed by atoms with Gasteiger partial charge < -0.3 is 20.3 Å². The van der Waals surface area contributed by atoms with Crippen molar-refractivity contribution in [2.75, 3.05) is 0 Å². The fraction of sp³-hybridized carbons (Fsp3) is 0.200. The Morgan fingerprint density at radius 3 is 1.47 bits per heavy atom. The monoisotopic (exact) mass is 640 g/mol. The van der Waals surface area contributed by atoms with Crippen LogP contribution in [0.2, 0.25) is 0 Å². The molecule has 8 rings (SSSR count). The number of nitrogens with one attached hydrogen (secondary N) is 4. The van der Waals surface area contributed by atoms with Gasteiger partial charge in [-0.15, -0.1) is 0 Å². The van der Waals surface area contributed by atoms with E-state index in [1.165, 1.54) is 22.3 Å². The van der Waals surface area contributed by atoms with Crippen molar-refractivity contribution in [2.45, 2.75) is 58.8 Å². The summed E-state index contributed by atoms with van der Waals surface area (Å²) >= 11 is 0. The summed E-state index contributed by atoms with van der Waals surface area (Å²) in [5, 5.41) is 8.13. The van der Waals surface area contributed by atoms with Crippen LogP contribution in [-0.4, -0.2) is 15.0 Å². The maximum absolute atomic E-state index is 3.92. The standard InChI is InChI=1S/C45H44N4/c1-44(2,3)31-25-30(26-32(27-31)45(4,5)6)43-39-23-21-37(48-39)41(28-13-9-7-10-14-28)35-19-17-33(46-35)34-18-20-36(47-34)42(29-15-11-8-12-16-29)38-22-24-40(43)49-38/h7-17,19-27,46-49H,18H2,1-6H3. The number of benzene rings is 3. The van der Waals surface area contributed by atoms with Crippen LogP contribution in [-0.2, 0) is 10.8 Å². The topological polar surface area (TPSA) is 59.4 Å². The third-order valence-electron chi connectivity index (χ3n) is 9.87. The van der Waals surface area contributed by atoms with E-state index < -0.39 is 0 Å². The van der Waals surface area contributed by atoms with Crippen LogP contribution in [0.5, 0.6) is 0 Å². The van der Waals surface area contributed by atoms with Gasteiger partial charge in [-0.05, 0) is 75.0 Å². The van der Waals surface area contributed by atoms with Crippen LogP contribution in [0.3, 0.4) is 0 Å². The molecule has 3 aromatic heterocycles. The van der Waals surface area contributed by atoms with Gasteiger partial charge in [0.1, 0.15) is 0 Å². The highest BCUT2D eigenvalue weighted by molar-refractivity contribution is 5.84. The zero-order chi connectivity index (χ0) is 33.9. The Balaban J connectivity index is 1.51. The number of aromatic amines is 3. The highest BCUT2D eigenvalue weighted by Gasteiger charge is 2.24. The summed E-state index contributed by atoms with van der Waals surface area (Å²) in [4.78, 5) is 11.6. The van der Waals surface area contributed by atoms with Crippen LogP contribution in [0.1, 0.15) is 87.2 Å². The number of H-pyrrole nitrogens is 3. The van der Waals surface area contributed by atoms with Crippen molar-refractivity contribution in [3.05, 3.63) is 188 Å². The minimum absolute atomic E-state index is 0.0131. The predicted octanol–water partition coefficient (Wildman–Crippen LogP) is 6.96. The average molecular weight is 641 g/mol. The van der Waals surface area contributed by atoms with E-state index in [2.05, 4.69) is 183 Å². The van der Waals surface area contributed by atoms with Crippen molar-refractivity contribution in [2.24, 2.45) is 0 Å². The maximum atomic E-state index is 3.92. The van der Waals surface area contributed by atoms with E-state index in [1.807, 2.05) is 0 Å². The molecule has 4 N–H and O–H groups in total. The molecule has 2 aliphatic rings. The van der Waals surface area contributed by atoms with Gasteiger partial charge >= 0.3 is 0 Å². The van der Waals surface area contributed by atoms with E-state index in [9.17, 15) is 0 Å². The number of allylic oxidation sites excluding steroid dienone is 1. The molecule has 0 saturated carbocycles. The molecule has 8 bridgehead atoms. The molecule has 0 saturated heterocycles. The van der Waals surface area contributed by atoms with E-state index in [0.717, 1.165) is 72.9 Å². The van der Waals surface area contributed by atoms with Gasteiger partial charge in [-0.3, -0.25) is 0 Å². The van der Waals surface area contributed by atoms with Gasteiger partial charge in [0.25, 0.3) is 0 Å². The lowest BCUT2D eigenvalue weighted by molar-refractivity contribution is 0.568. The molecule has 49 heavy (non-hydrogen) atoms. The number of aromatic nitrogens is 3. The van der Waals surface area contributed by atoms with Gasteiger partial charge in [0, 0.05) is 62.0 Å². The summed E-state index contributed by atoms with van der Waals surface area (Å²) in [6.07, 6.45) is 3.13. The lowest BCUT2D eigenvalue weighted by atomic mass is 9.78. The zero-order valence-corrected chi connectivity index (χ0v) is 29.3. The molecule has 3 aromatic carbocycles. The summed E-state index contributed by atoms with van der Waals surface area (Å²) < 4.78 is 0. The summed E-state index contributed by atoms with van der Waals surface area (Å²) in [6.45, 7) is 13.8. The summed E-state index contributed by atoms with van der Waals surface area (Å²) in [7, 11) is 0. The van der Waals surface area contributed by atoms with Crippen LogP contribution in [0.25, 0.3) is 22.4 Å². The third-order valence-corrected chi connectivity index (χ3v) is 9.87. The first-order valence-electron chi connectivity index (χ1n) is 17.3. The quantitative estimate of drug-likeness (QED) is 0.166. The van der Waals surface area contributed by atoms with E-state index in [0.29, 0.717) is 0 Å². The first kappa shape index (κ1) is 30.8. The van der Waals surface area contributed by atoms with Crippen molar-refractivity contribution in [3.8, 4) is 0 Å². The fourth-order valence-corrected chi connectivity index (χ4v) is 7.12. The zero-order valence-electron chi connectivity index (χ0n) is 29.3. The fourth-order valence-electron chi connectivity index (χ4n) is 7.12. The molecule has 244 valence electrons. The lowest BCUT2D eigenvalue weighted by Gasteiger charge is -2.26. The van der Waals surface area contributed by atoms with Gasteiger partial charge in [-0.2, -0.15) is 0 Å². The smallest absolute Gasteiger partial charge is 0.0584 e. The molecule has 0 fully saturated rings. The van der Waals surface area contributed by atoms with E-state index in [-0.39, 0.29) is 10.8 Å². The van der Waals surface area contributed by atoms with Crippen molar-refractivity contribution in [1.29, 1.82) is 0 Å². The Morgan fingerprint density at radius 2 is 0.918 bits per heavy atom. The molecule has 0 radical (unpaired) electrons. The van der Waals surface area contributed by atoms with Gasteiger partial charge in [0.15, 0.2) is 0 Å². The molecule has 4 nitrogen and oxygen atoms in total. The minimum Gasteiger partial charge on any atom is -0.357 e. The molecule has 6 aromatic rings. The van der Waals surface area contributed by atoms with E-state index in [1.54, 1.807) is 0 Å². The highest BCUT2D eigenvalue weighted by atomic mass is 14.9. The Bertz CT molecular complexity index is 2450. The van der Waals surface area contributed by atoms with Crippen LogP contribution in [0.4, 0.5) is 0 Å². The molecular weight excluding hydrogens is 597 g/mol. The molecular formula is C45H44N4. The number of hydrogen-bond acceptors (Lipinski definition) is 1. The number of rotatable bonds is 3. The molecule has 4 heteroatoms. The van der Waals surface area contributed by atoms with E-state index in [4.69, 9.17) is 0 Å². The summed E-state index contributed by atoms with van der Waals surface area (Å²) in [5.74, 6) is 0. The number of hydrogen-bond donors (Lipinski definition) is 4. The van der Waals surface area contributed by atoms with Crippen LogP contribution >= 0.6 is 0 Å². The first-order valence-corrected chi connectivity index (χ1v) is 17.3. The Kier molecular flexibility index (Phi) is 7.29. The highest BCUT2D eigenvalue weighted by Crippen LogP contribution is 2.34. The van der Waals surface area contributed by atoms with Gasteiger partial charge in [0.05, 0.1) is 5.35 Å². The molecule has 0 amide bonds. The molecule has 0 unspecified atom stereocenters. The summed E-state index contributed by atoms with van der Waals surface area (Å²) in [5.41, 5.74) is 14.0. The molecule has 0 aliphatic carbocycles. The Morgan fingerprint density at radius 1 is 0.449 bits per heavy atom. The Labute approximate surface area is 288 Å². The van der Waals surface area contributed by atoms with Crippen molar-refractivity contribution < 1.29 is 0 Å². The molecule has 0 atom stereocenters. The minimum atomic E-state index is -0.0131. The first-order chi connectivity index (χ1) is 23.5. The van der Waals surface area contributed by atoms with Crippen molar-refractivity contribution in [1.82, 2.24) is 20.3 Å². The van der Waals surface area contributed by atoms with Crippen LogP contribution in [0.15, 0.2) is 127 Å². The largest absolute Gasteiger partial charge is 0.357 e. The maximum Gasteiger partial charge on any atom is 0.0584 e.